The van der Waals surface area contributed by atoms with Crippen molar-refractivity contribution < 1.29 is 13.9 Å². The van der Waals surface area contributed by atoms with Gasteiger partial charge in [-0.05, 0) is 25.8 Å². The Morgan fingerprint density at radius 1 is 1.30 bits per heavy atom. The predicted molar refractivity (Wildman–Crippen MR) is 87.9 cm³/mol. The van der Waals surface area contributed by atoms with Crippen LogP contribution in [0, 0.1) is 13.8 Å². The first-order valence-corrected chi connectivity index (χ1v) is 7.83. The van der Waals surface area contributed by atoms with Crippen LogP contribution in [0.4, 0.5) is 0 Å². The van der Waals surface area contributed by atoms with Crippen LogP contribution in [-0.4, -0.2) is 29.5 Å². The topological polar surface area (TPSA) is 55.6 Å². The Morgan fingerprint density at radius 3 is 2.52 bits per heavy atom. The van der Waals surface area contributed by atoms with Gasteiger partial charge in [0.25, 0.3) is 0 Å². The van der Waals surface area contributed by atoms with E-state index in [2.05, 4.69) is 24.0 Å². The highest BCUT2D eigenvalue weighted by atomic mass is 16.5. The number of ether oxygens (including phenoxy) is 1. The highest BCUT2D eigenvalue weighted by Crippen LogP contribution is 2.26. The number of aromatic nitrogens is 1. The van der Waals surface area contributed by atoms with E-state index >= 15 is 0 Å². The fourth-order valence-electron chi connectivity index (χ4n) is 2.67. The fraction of sp³-hybridized carbons (Fsp3) is 0.444. The highest BCUT2D eigenvalue weighted by molar-refractivity contribution is 5.71. The summed E-state index contributed by atoms with van der Waals surface area (Å²) in [6.07, 6.45) is 0.875. The minimum atomic E-state index is -0.264. The van der Waals surface area contributed by atoms with Gasteiger partial charge in [-0.1, -0.05) is 37.3 Å². The number of aryl methyl sites for hydroxylation is 2. The Bertz CT molecular complexity index is 617. The van der Waals surface area contributed by atoms with E-state index in [1.165, 1.54) is 12.7 Å². The molecule has 1 atom stereocenters. The molecule has 0 amide bonds. The van der Waals surface area contributed by atoms with Gasteiger partial charge in [-0.25, -0.2) is 4.98 Å². The molecule has 0 saturated heterocycles. The molecule has 5 heteroatoms. The summed E-state index contributed by atoms with van der Waals surface area (Å²) < 4.78 is 10.5. The van der Waals surface area contributed by atoms with Crippen molar-refractivity contribution in [1.82, 2.24) is 9.88 Å². The van der Waals surface area contributed by atoms with Gasteiger partial charge in [0.1, 0.15) is 5.76 Å². The zero-order chi connectivity index (χ0) is 16.8. The number of esters is 1. The van der Waals surface area contributed by atoms with Crippen molar-refractivity contribution in [3.05, 3.63) is 53.2 Å². The number of benzene rings is 1. The summed E-state index contributed by atoms with van der Waals surface area (Å²) in [7, 11) is 1.41. The maximum atomic E-state index is 11.8. The van der Waals surface area contributed by atoms with Crippen LogP contribution >= 0.6 is 0 Å². The molecule has 0 aliphatic carbocycles. The maximum Gasteiger partial charge on any atom is 0.319 e. The Hall–Kier alpha value is -2.14. The SMILES string of the molecule is CCC(c1ccccc1)N(CC(=O)OC)Cc1nc(C)c(C)o1. The van der Waals surface area contributed by atoms with Gasteiger partial charge in [-0.3, -0.25) is 9.69 Å². The normalized spacial score (nSPS) is 12.4. The van der Waals surface area contributed by atoms with Crippen molar-refractivity contribution in [1.29, 1.82) is 0 Å². The van der Waals surface area contributed by atoms with Gasteiger partial charge < -0.3 is 9.15 Å². The smallest absolute Gasteiger partial charge is 0.319 e. The van der Waals surface area contributed by atoms with Gasteiger partial charge in [0.05, 0.1) is 25.9 Å². The number of hydrogen-bond acceptors (Lipinski definition) is 5. The standard InChI is InChI=1S/C18H24N2O3/c1-5-16(15-9-7-6-8-10-15)20(12-18(21)22-4)11-17-19-13(2)14(3)23-17/h6-10,16H,5,11-12H2,1-4H3. The largest absolute Gasteiger partial charge is 0.468 e. The van der Waals surface area contributed by atoms with Crippen LogP contribution in [-0.2, 0) is 16.1 Å². The molecule has 23 heavy (non-hydrogen) atoms. The van der Waals surface area contributed by atoms with Crippen molar-refractivity contribution in [2.45, 2.75) is 39.8 Å². The lowest BCUT2D eigenvalue weighted by Gasteiger charge is -2.29. The second kappa shape index (κ2) is 7.92. The number of hydrogen-bond donors (Lipinski definition) is 0. The van der Waals surface area contributed by atoms with Gasteiger partial charge in [-0.15, -0.1) is 0 Å². The molecule has 0 fully saturated rings. The summed E-state index contributed by atoms with van der Waals surface area (Å²) >= 11 is 0. The van der Waals surface area contributed by atoms with Gasteiger partial charge >= 0.3 is 5.97 Å². The first kappa shape index (κ1) is 17.2. The van der Waals surface area contributed by atoms with Crippen LogP contribution in [0.25, 0.3) is 0 Å². The lowest BCUT2D eigenvalue weighted by molar-refractivity contribution is -0.142. The van der Waals surface area contributed by atoms with Gasteiger partial charge in [-0.2, -0.15) is 0 Å². The number of oxazole rings is 1. The molecule has 0 aliphatic heterocycles. The number of methoxy groups -OCH3 is 1. The van der Waals surface area contributed by atoms with E-state index in [0.717, 1.165) is 17.9 Å². The van der Waals surface area contributed by atoms with Gasteiger partial charge in [0.2, 0.25) is 5.89 Å². The van der Waals surface area contributed by atoms with E-state index in [1.807, 2.05) is 36.9 Å². The minimum absolute atomic E-state index is 0.0998. The van der Waals surface area contributed by atoms with E-state index in [0.29, 0.717) is 12.4 Å². The molecular formula is C18H24N2O3. The van der Waals surface area contributed by atoms with E-state index in [1.54, 1.807) is 0 Å². The van der Waals surface area contributed by atoms with E-state index < -0.39 is 0 Å². The van der Waals surface area contributed by atoms with E-state index in [-0.39, 0.29) is 18.6 Å². The molecule has 0 aliphatic rings. The zero-order valence-electron chi connectivity index (χ0n) is 14.2. The number of carbonyl (C=O) groups excluding carboxylic acids is 1. The van der Waals surface area contributed by atoms with Crippen LogP contribution < -0.4 is 0 Å². The van der Waals surface area contributed by atoms with Gasteiger partial charge in [0.15, 0.2) is 0 Å². The molecule has 124 valence electrons. The summed E-state index contributed by atoms with van der Waals surface area (Å²) in [4.78, 5) is 18.3. The average molecular weight is 316 g/mol. The molecule has 0 radical (unpaired) electrons. The molecule has 1 aromatic carbocycles. The summed E-state index contributed by atoms with van der Waals surface area (Å²) in [5.74, 6) is 1.17. The molecule has 2 aromatic rings. The number of rotatable bonds is 7. The molecular weight excluding hydrogens is 292 g/mol. The van der Waals surface area contributed by atoms with E-state index in [9.17, 15) is 4.79 Å². The zero-order valence-corrected chi connectivity index (χ0v) is 14.2. The third-order valence-corrected chi connectivity index (χ3v) is 3.98. The molecule has 1 aromatic heterocycles. The molecule has 0 spiro atoms. The van der Waals surface area contributed by atoms with Crippen molar-refractivity contribution in [2.75, 3.05) is 13.7 Å². The third kappa shape index (κ3) is 4.42. The third-order valence-electron chi connectivity index (χ3n) is 3.98. The minimum Gasteiger partial charge on any atom is -0.468 e. The molecule has 0 bridgehead atoms. The summed E-state index contributed by atoms with van der Waals surface area (Å²) in [6, 6.07) is 10.3. The van der Waals surface area contributed by atoms with Crippen molar-refractivity contribution in [3.8, 4) is 0 Å². The molecule has 1 unspecified atom stereocenters. The van der Waals surface area contributed by atoms with Crippen molar-refractivity contribution in [2.24, 2.45) is 0 Å². The summed E-state index contributed by atoms with van der Waals surface area (Å²) in [5.41, 5.74) is 2.05. The summed E-state index contributed by atoms with van der Waals surface area (Å²) in [6.45, 7) is 6.59. The number of nitrogens with zero attached hydrogens (tertiary/aromatic N) is 2. The number of carbonyl (C=O) groups is 1. The molecule has 2 rings (SSSR count). The van der Waals surface area contributed by atoms with Crippen LogP contribution in [0.15, 0.2) is 34.7 Å². The Morgan fingerprint density at radius 2 is 2.00 bits per heavy atom. The van der Waals surface area contributed by atoms with Gasteiger partial charge in [0, 0.05) is 6.04 Å². The van der Waals surface area contributed by atoms with E-state index in [4.69, 9.17) is 9.15 Å². The first-order chi connectivity index (χ1) is 11.0. The van der Waals surface area contributed by atoms with Crippen LogP contribution in [0.1, 0.15) is 42.3 Å². The molecule has 0 saturated carbocycles. The first-order valence-electron chi connectivity index (χ1n) is 7.83. The molecule has 0 N–H and O–H groups in total. The lowest BCUT2D eigenvalue weighted by atomic mass is 10.0. The Balaban J connectivity index is 2.26. The predicted octanol–water partition coefficient (Wildman–Crippen LogP) is 3.42. The fourth-order valence-corrected chi connectivity index (χ4v) is 2.67. The second-order valence-electron chi connectivity index (χ2n) is 5.57. The van der Waals surface area contributed by atoms with Crippen molar-refractivity contribution in [3.63, 3.8) is 0 Å². The highest BCUT2D eigenvalue weighted by Gasteiger charge is 2.24. The molecule has 1 heterocycles. The van der Waals surface area contributed by atoms with Crippen LogP contribution in [0.2, 0.25) is 0 Å². The second-order valence-corrected chi connectivity index (χ2v) is 5.57. The Kier molecular flexibility index (Phi) is 5.93. The average Bonchev–Trinajstić information content (AvgIpc) is 2.86. The molecule has 5 nitrogen and oxygen atoms in total. The monoisotopic (exact) mass is 316 g/mol. The maximum absolute atomic E-state index is 11.8. The van der Waals surface area contributed by atoms with Crippen molar-refractivity contribution >= 4 is 5.97 Å². The quantitative estimate of drug-likeness (QED) is 0.733. The van der Waals surface area contributed by atoms with Crippen LogP contribution in [0.3, 0.4) is 0 Å². The summed E-state index contributed by atoms with van der Waals surface area (Å²) in [5, 5.41) is 0. The van der Waals surface area contributed by atoms with Crippen LogP contribution in [0.5, 0.6) is 0 Å². The Labute approximate surface area is 137 Å². The lowest BCUT2D eigenvalue weighted by Crippen LogP contribution is -2.33.